The van der Waals surface area contributed by atoms with Gasteiger partial charge in [-0.3, -0.25) is 4.79 Å². The summed E-state index contributed by atoms with van der Waals surface area (Å²) in [7, 11) is 0. The minimum absolute atomic E-state index is 0.195. The molecule has 0 aromatic rings. The Bertz CT molecular complexity index is 273. The Morgan fingerprint density at radius 2 is 2.35 bits per heavy atom. The van der Waals surface area contributed by atoms with Crippen molar-refractivity contribution in [3.63, 3.8) is 0 Å². The van der Waals surface area contributed by atoms with Crippen LogP contribution < -0.4 is 0 Å². The molecule has 0 aliphatic carbocycles. The standard InChI is InChI=1S/C11H16O5S/c1-2-9(12)14-5-3-4-10(13)16-11-8-17-7-6-15-11/h2,11H,1,3-8H2. The summed E-state index contributed by atoms with van der Waals surface area (Å²) in [6, 6.07) is 0. The zero-order valence-electron chi connectivity index (χ0n) is 9.55. The van der Waals surface area contributed by atoms with E-state index in [-0.39, 0.29) is 19.0 Å². The Morgan fingerprint density at radius 1 is 1.53 bits per heavy atom. The molecule has 0 aromatic heterocycles. The van der Waals surface area contributed by atoms with E-state index in [9.17, 15) is 9.59 Å². The smallest absolute Gasteiger partial charge is 0.330 e. The van der Waals surface area contributed by atoms with Crippen LogP contribution in [0.3, 0.4) is 0 Å². The van der Waals surface area contributed by atoms with E-state index in [1.54, 1.807) is 11.8 Å². The van der Waals surface area contributed by atoms with E-state index in [0.29, 0.717) is 18.8 Å². The lowest BCUT2D eigenvalue weighted by Crippen LogP contribution is -2.28. The zero-order chi connectivity index (χ0) is 12.5. The van der Waals surface area contributed by atoms with Gasteiger partial charge in [-0.1, -0.05) is 6.58 Å². The third kappa shape index (κ3) is 6.33. The first-order valence-corrected chi connectivity index (χ1v) is 6.56. The predicted molar refractivity (Wildman–Crippen MR) is 63.5 cm³/mol. The summed E-state index contributed by atoms with van der Waals surface area (Å²) >= 11 is 1.70. The molecule has 1 rings (SSSR count). The molecule has 1 aliphatic heterocycles. The van der Waals surface area contributed by atoms with Gasteiger partial charge in [-0.25, -0.2) is 4.79 Å². The van der Waals surface area contributed by atoms with E-state index in [2.05, 4.69) is 6.58 Å². The van der Waals surface area contributed by atoms with Gasteiger partial charge < -0.3 is 14.2 Å². The molecule has 0 bridgehead atoms. The molecule has 1 fully saturated rings. The molecular weight excluding hydrogens is 244 g/mol. The van der Waals surface area contributed by atoms with Crippen LogP contribution in [0.4, 0.5) is 0 Å². The molecule has 6 heteroatoms. The van der Waals surface area contributed by atoms with Gasteiger partial charge in [0.2, 0.25) is 6.29 Å². The average Bonchev–Trinajstić information content (AvgIpc) is 2.35. The van der Waals surface area contributed by atoms with Crippen molar-refractivity contribution in [2.24, 2.45) is 0 Å². The molecule has 17 heavy (non-hydrogen) atoms. The fourth-order valence-electron chi connectivity index (χ4n) is 1.19. The number of rotatable bonds is 6. The largest absolute Gasteiger partial charge is 0.463 e. The lowest BCUT2D eigenvalue weighted by atomic mass is 10.3. The molecule has 1 atom stereocenters. The molecule has 1 aliphatic rings. The molecule has 1 heterocycles. The van der Waals surface area contributed by atoms with Crippen molar-refractivity contribution in [3.8, 4) is 0 Å². The monoisotopic (exact) mass is 260 g/mol. The number of ether oxygens (including phenoxy) is 3. The fraction of sp³-hybridized carbons (Fsp3) is 0.636. The summed E-state index contributed by atoms with van der Waals surface area (Å²) in [5.74, 6) is 0.806. The number of carbonyl (C=O) groups is 2. The first-order chi connectivity index (χ1) is 8.22. The van der Waals surface area contributed by atoms with E-state index in [1.807, 2.05) is 0 Å². The van der Waals surface area contributed by atoms with E-state index >= 15 is 0 Å². The third-order valence-corrected chi connectivity index (χ3v) is 2.95. The van der Waals surface area contributed by atoms with Gasteiger partial charge in [0.1, 0.15) is 0 Å². The summed E-state index contributed by atoms with van der Waals surface area (Å²) in [6.45, 7) is 4.07. The molecule has 0 N–H and O–H groups in total. The molecular formula is C11H16O5S. The summed E-state index contributed by atoms with van der Waals surface area (Å²) in [5.41, 5.74) is 0. The second-order valence-electron chi connectivity index (χ2n) is 3.34. The van der Waals surface area contributed by atoms with Crippen molar-refractivity contribution in [2.45, 2.75) is 19.1 Å². The van der Waals surface area contributed by atoms with Gasteiger partial charge in [0.25, 0.3) is 0 Å². The van der Waals surface area contributed by atoms with Crippen LogP contribution in [0.25, 0.3) is 0 Å². The molecule has 0 aromatic carbocycles. The molecule has 1 saturated heterocycles. The molecule has 96 valence electrons. The summed E-state index contributed by atoms with van der Waals surface area (Å²) < 4.78 is 15.1. The summed E-state index contributed by atoms with van der Waals surface area (Å²) in [5, 5.41) is 0. The molecule has 0 radical (unpaired) electrons. The first kappa shape index (κ1) is 14.1. The number of carbonyl (C=O) groups excluding carboxylic acids is 2. The zero-order valence-corrected chi connectivity index (χ0v) is 10.4. The van der Waals surface area contributed by atoms with Gasteiger partial charge in [0, 0.05) is 18.2 Å². The first-order valence-electron chi connectivity index (χ1n) is 5.40. The second-order valence-corrected chi connectivity index (χ2v) is 4.49. The van der Waals surface area contributed by atoms with E-state index in [0.717, 1.165) is 11.8 Å². The van der Waals surface area contributed by atoms with Gasteiger partial charge in [-0.05, 0) is 6.42 Å². The van der Waals surface area contributed by atoms with Crippen LogP contribution in [0.15, 0.2) is 12.7 Å². The van der Waals surface area contributed by atoms with E-state index in [1.165, 1.54) is 0 Å². The van der Waals surface area contributed by atoms with Crippen molar-refractivity contribution in [1.82, 2.24) is 0 Å². The topological polar surface area (TPSA) is 61.8 Å². The highest BCUT2D eigenvalue weighted by molar-refractivity contribution is 7.99. The lowest BCUT2D eigenvalue weighted by molar-refractivity contribution is -0.174. The highest BCUT2D eigenvalue weighted by Crippen LogP contribution is 2.14. The maximum absolute atomic E-state index is 11.4. The van der Waals surface area contributed by atoms with E-state index in [4.69, 9.17) is 14.2 Å². The Balaban J connectivity index is 2.04. The van der Waals surface area contributed by atoms with Gasteiger partial charge in [-0.15, -0.1) is 0 Å². The van der Waals surface area contributed by atoms with Crippen LogP contribution in [0, 0.1) is 0 Å². The van der Waals surface area contributed by atoms with Crippen molar-refractivity contribution < 1.29 is 23.8 Å². The minimum Gasteiger partial charge on any atom is -0.463 e. The molecule has 0 saturated carbocycles. The Hall–Kier alpha value is -1.01. The highest BCUT2D eigenvalue weighted by Gasteiger charge is 2.18. The maximum Gasteiger partial charge on any atom is 0.330 e. The minimum atomic E-state index is -0.481. The molecule has 5 nitrogen and oxygen atoms in total. The van der Waals surface area contributed by atoms with Gasteiger partial charge >= 0.3 is 11.9 Å². The summed E-state index contributed by atoms with van der Waals surface area (Å²) in [4.78, 5) is 22.0. The predicted octanol–water partition coefficient (Wildman–Crippen LogP) is 1.13. The van der Waals surface area contributed by atoms with Crippen LogP contribution in [0.5, 0.6) is 0 Å². The fourth-order valence-corrected chi connectivity index (χ4v) is 1.93. The molecule has 0 spiro atoms. The van der Waals surface area contributed by atoms with Crippen LogP contribution in [-0.4, -0.2) is 42.9 Å². The van der Waals surface area contributed by atoms with Crippen molar-refractivity contribution in [3.05, 3.63) is 12.7 Å². The Kier molecular flexibility index (Phi) is 6.73. The van der Waals surface area contributed by atoms with Crippen molar-refractivity contribution >= 4 is 23.7 Å². The van der Waals surface area contributed by atoms with Crippen LogP contribution in [0.2, 0.25) is 0 Å². The average molecular weight is 260 g/mol. The summed E-state index contributed by atoms with van der Waals surface area (Å²) in [6.07, 6.45) is 1.32. The Labute approximate surface area is 104 Å². The van der Waals surface area contributed by atoms with Gasteiger partial charge in [0.15, 0.2) is 0 Å². The molecule has 1 unspecified atom stereocenters. The highest BCUT2D eigenvalue weighted by atomic mass is 32.2. The quantitative estimate of drug-likeness (QED) is 0.405. The number of thioether (sulfide) groups is 1. The normalized spacial score (nSPS) is 19.4. The number of hydrogen-bond acceptors (Lipinski definition) is 6. The van der Waals surface area contributed by atoms with E-state index < -0.39 is 12.3 Å². The Morgan fingerprint density at radius 3 is 3.00 bits per heavy atom. The van der Waals surface area contributed by atoms with Crippen LogP contribution in [-0.2, 0) is 23.8 Å². The second kappa shape index (κ2) is 8.14. The van der Waals surface area contributed by atoms with Crippen molar-refractivity contribution in [2.75, 3.05) is 24.7 Å². The van der Waals surface area contributed by atoms with Gasteiger partial charge in [-0.2, -0.15) is 11.8 Å². The lowest BCUT2D eigenvalue weighted by Gasteiger charge is -2.21. The SMILES string of the molecule is C=CC(=O)OCCCC(=O)OC1CSCCO1. The maximum atomic E-state index is 11.4. The third-order valence-electron chi connectivity index (χ3n) is 1.98. The van der Waals surface area contributed by atoms with Gasteiger partial charge in [0.05, 0.1) is 19.0 Å². The molecule has 0 amide bonds. The van der Waals surface area contributed by atoms with Crippen molar-refractivity contribution in [1.29, 1.82) is 0 Å². The number of esters is 2. The van der Waals surface area contributed by atoms with Crippen LogP contribution >= 0.6 is 11.8 Å². The van der Waals surface area contributed by atoms with Crippen LogP contribution in [0.1, 0.15) is 12.8 Å². The number of hydrogen-bond donors (Lipinski definition) is 0.